The van der Waals surface area contributed by atoms with Gasteiger partial charge in [-0.1, -0.05) is 0 Å². The number of nitrogens with one attached hydrogen (secondary N) is 1. The summed E-state index contributed by atoms with van der Waals surface area (Å²) >= 11 is 5.25. The van der Waals surface area contributed by atoms with Crippen LogP contribution < -0.4 is 5.32 Å². The molecule has 0 unspecified atom stereocenters. The third-order valence-corrected chi connectivity index (χ3v) is 1.62. The molecule has 1 aromatic heterocycles. The van der Waals surface area contributed by atoms with Crippen LogP contribution in [0.25, 0.3) is 0 Å². The molecule has 0 atom stereocenters. The Labute approximate surface area is 85.0 Å². The molecular formula is C8H8ClNO4. The van der Waals surface area contributed by atoms with Crippen LogP contribution in [-0.2, 0) is 9.53 Å². The molecule has 0 saturated carbocycles. The Balaban J connectivity index is 2.68. The van der Waals surface area contributed by atoms with Gasteiger partial charge in [0.15, 0.2) is 0 Å². The van der Waals surface area contributed by atoms with Crippen molar-refractivity contribution in [2.24, 2.45) is 0 Å². The van der Waals surface area contributed by atoms with Gasteiger partial charge in [-0.2, -0.15) is 0 Å². The Morgan fingerprint density at radius 1 is 1.57 bits per heavy atom. The summed E-state index contributed by atoms with van der Waals surface area (Å²) in [7, 11) is 1.24. The number of ether oxygens (including phenoxy) is 1. The molecule has 0 aliphatic rings. The smallest absolute Gasteiger partial charge is 0.374 e. The summed E-state index contributed by atoms with van der Waals surface area (Å²) in [5, 5.41) is 2.35. The summed E-state index contributed by atoms with van der Waals surface area (Å²) in [5.74, 6) is -0.990. The van der Waals surface area contributed by atoms with Gasteiger partial charge in [-0.3, -0.25) is 10.1 Å². The lowest BCUT2D eigenvalue weighted by atomic mass is 10.4. The van der Waals surface area contributed by atoms with E-state index in [4.69, 9.17) is 16.0 Å². The number of carbonyl (C=O) groups excluding carboxylic acids is 2. The maximum Gasteiger partial charge on any atom is 0.374 e. The van der Waals surface area contributed by atoms with Gasteiger partial charge in [0.2, 0.25) is 17.6 Å². The number of esters is 1. The molecule has 0 aliphatic carbocycles. The summed E-state index contributed by atoms with van der Waals surface area (Å²) in [5.41, 5.74) is 0. The molecule has 1 aromatic rings. The summed E-state index contributed by atoms with van der Waals surface area (Å²) in [4.78, 5) is 21.7. The Bertz CT molecular complexity index is 347. The fraction of sp³-hybridized carbons (Fsp3) is 0.250. The van der Waals surface area contributed by atoms with E-state index >= 15 is 0 Å². The fourth-order valence-corrected chi connectivity index (χ4v) is 0.853. The molecule has 1 rings (SSSR count). The van der Waals surface area contributed by atoms with Gasteiger partial charge >= 0.3 is 5.97 Å². The van der Waals surface area contributed by atoms with Crippen molar-refractivity contribution in [2.45, 2.75) is 0 Å². The van der Waals surface area contributed by atoms with E-state index in [9.17, 15) is 9.59 Å². The van der Waals surface area contributed by atoms with E-state index in [1.807, 2.05) is 0 Å². The molecule has 0 spiro atoms. The highest BCUT2D eigenvalue weighted by molar-refractivity contribution is 6.28. The van der Waals surface area contributed by atoms with Crippen LogP contribution in [-0.4, -0.2) is 24.9 Å². The Hall–Kier alpha value is -1.49. The predicted octanol–water partition coefficient (Wildman–Crippen LogP) is 1.24. The molecule has 0 saturated heterocycles. The number of hydrogen-bond donors (Lipinski definition) is 1. The summed E-state index contributed by atoms with van der Waals surface area (Å²) in [6.07, 6.45) is 0. The predicted molar refractivity (Wildman–Crippen MR) is 49.4 cm³/mol. The van der Waals surface area contributed by atoms with Crippen molar-refractivity contribution in [3.63, 3.8) is 0 Å². The molecule has 5 nitrogen and oxygen atoms in total. The molecule has 6 heteroatoms. The minimum Gasteiger partial charge on any atom is -0.463 e. The largest absolute Gasteiger partial charge is 0.463 e. The van der Waals surface area contributed by atoms with Crippen LogP contribution >= 0.6 is 11.6 Å². The third kappa shape index (κ3) is 2.50. The second-order valence-electron chi connectivity index (χ2n) is 2.34. The number of halogens is 1. The van der Waals surface area contributed by atoms with Gasteiger partial charge in [0, 0.05) is 6.07 Å². The van der Waals surface area contributed by atoms with Crippen molar-refractivity contribution in [1.29, 1.82) is 0 Å². The van der Waals surface area contributed by atoms with Gasteiger partial charge in [-0.15, -0.1) is 11.6 Å². The van der Waals surface area contributed by atoms with Crippen LogP contribution in [0.4, 0.5) is 5.88 Å². The van der Waals surface area contributed by atoms with E-state index in [-0.39, 0.29) is 17.5 Å². The molecule has 0 aliphatic heterocycles. The first-order chi connectivity index (χ1) is 6.67. The molecule has 1 N–H and O–H groups in total. The highest BCUT2D eigenvalue weighted by Gasteiger charge is 2.11. The van der Waals surface area contributed by atoms with Gasteiger partial charge < -0.3 is 9.15 Å². The SMILES string of the molecule is COC(=O)c1ccc(NC(=O)CCl)o1. The first-order valence-electron chi connectivity index (χ1n) is 3.71. The zero-order valence-corrected chi connectivity index (χ0v) is 8.13. The van der Waals surface area contributed by atoms with Crippen molar-refractivity contribution < 1.29 is 18.7 Å². The van der Waals surface area contributed by atoms with Crippen molar-refractivity contribution in [1.82, 2.24) is 0 Å². The second-order valence-corrected chi connectivity index (χ2v) is 2.60. The number of anilines is 1. The molecule has 0 bridgehead atoms. The van der Waals surface area contributed by atoms with Crippen LogP contribution in [0.15, 0.2) is 16.5 Å². The highest BCUT2D eigenvalue weighted by atomic mass is 35.5. The van der Waals surface area contributed by atoms with Crippen molar-refractivity contribution >= 4 is 29.4 Å². The Morgan fingerprint density at radius 3 is 2.86 bits per heavy atom. The first-order valence-corrected chi connectivity index (χ1v) is 4.24. The zero-order chi connectivity index (χ0) is 10.6. The topological polar surface area (TPSA) is 68.5 Å². The summed E-state index contributed by atoms with van der Waals surface area (Å²) in [6, 6.07) is 2.84. The molecule has 0 radical (unpaired) electrons. The van der Waals surface area contributed by atoms with E-state index in [0.717, 1.165) is 0 Å². The van der Waals surface area contributed by atoms with E-state index in [1.165, 1.54) is 19.2 Å². The van der Waals surface area contributed by atoms with Gasteiger partial charge in [0.25, 0.3) is 0 Å². The molecule has 14 heavy (non-hydrogen) atoms. The van der Waals surface area contributed by atoms with E-state index in [1.54, 1.807) is 0 Å². The Morgan fingerprint density at radius 2 is 2.29 bits per heavy atom. The second kappa shape index (κ2) is 4.66. The third-order valence-electron chi connectivity index (χ3n) is 1.38. The molecule has 1 amide bonds. The summed E-state index contributed by atoms with van der Waals surface area (Å²) < 4.78 is 9.35. The van der Waals surface area contributed by atoms with Gasteiger partial charge in [0.05, 0.1) is 7.11 Å². The first kappa shape index (κ1) is 10.6. The van der Waals surface area contributed by atoms with Gasteiger partial charge in [-0.25, -0.2) is 4.79 Å². The fourth-order valence-electron chi connectivity index (χ4n) is 0.786. The maximum absolute atomic E-state index is 10.9. The van der Waals surface area contributed by atoms with Crippen LogP contribution in [0.2, 0.25) is 0 Å². The number of rotatable bonds is 3. The lowest BCUT2D eigenvalue weighted by molar-refractivity contribution is -0.114. The van der Waals surface area contributed by atoms with Crippen LogP contribution in [0.3, 0.4) is 0 Å². The number of alkyl halides is 1. The standard InChI is InChI=1S/C8H8ClNO4/c1-13-8(12)5-2-3-7(14-5)10-6(11)4-9/h2-3H,4H2,1H3,(H,10,11). The van der Waals surface area contributed by atoms with Crippen molar-refractivity contribution in [3.8, 4) is 0 Å². The highest BCUT2D eigenvalue weighted by Crippen LogP contribution is 2.13. The monoisotopic (exact) mass is 217 g/mol. The van der Waals surface area contributed by atoms with Crippen LogP contribution in [0, 0.1) is 0 Å². The minimum atomic E-state index is -0.601. The average molecular weight is 218 g/mol. The normalized spacial score (nSPS) is 9.57. The maximum atomic E-state index is 10.9. The number of carbonyl (C=O) groups is 2. The molecule has 0 fully saturated rings. The molecule has 76 valence electrons. The molecule has 1 heterocycles. The molecule has 0 aromatic carbocycles. The minimum absolute atomic E-state index is 0.0253. The lowest BCUT2D eigenvalue weighted by Gasteiger charge is -1.96. The number of amides is 1. The van der Waals surface area contributed by atoms with Gasteiger partial charge in [0.1, 0.15) is 5.88 Å². The van der Waals surface area contributed by atoms with Crippen molar-refractivity contribution in [3.05, 3.63) is 17.9 Å². The number of methoxy groups -OCH3 is 1. The van der Waals surface area contributed by atoms with Gasteiger partial charge in [-0.05, 0) is 6.07 Å². The van der Waals surface area contributed by atoms with Crippen LogP contribution in [0.1, 0.15) is 10.6 Å². The van der Waals surface area contributed by atoms with E-state index in [0.29, 0.717) is 0 Å². The van der Waals surface area contributed by atoms with Crippen LogP contribution in [0.5, 0.6) is 0 Å². The Kier molecular flexibility index (Phi) is 3.53. The van der Waals surface area contributed by atoms with Crippen molar-refractivity contribution in [2.75, 3.05) is 18.3 Å². The zero-order valence-electron chi connectivity index (χ0n) is 7.37. The number of furan rings is 1. The van der Waals surface area contributed by atoms with E-state index < -0.39 is 11.9 Å². The van der Waals surface area contributed by atoms with E-state index in [2.05, 4.69) is 10.1 Å². The average Bonchev–Trinajstić information content (AvgIpc) is 2.65. The lowest BCUT2D eigenvalue weighted by Crippen LogP contribution is -2.11. The quantitative estimate of drug-likeness (QED) is 0.611. The summed E-state index contributed by atoms with van der Waals surface area (Å²) in [6.45, 7) is 0. The molecular weight excluding hydrogens is 210 g/mol. The number of hydrogen-bond acceptors (Lipinski definition) is 4.